The minimum atomic E-state index is -0.444. The van der Waals surface area contributed by atoms with Crippen LogP contribution in [0.5, 0.6) is 0 Å². The highest BCUT2D eigenvalue weighted by Gasteiger charge is 2.29. The molecule has 0 bridgehead atoms. The van der Waals surface area contributed by atoms with Crippen molar-refractivity contribution < 1.29 is 14.3 Å². The maximum atomic E-state index is 12.4. The van der Waals surface area contributed by atoms with E-state index in [0.717, 1.165) is 18.5 Å². The first-order chi connectivity index (χ1) is 14.5. The van der Waals surface area contributed by atoms with Crippen LogP contribution in [0, 0.1) is 0 Å². The summed E-state index contributed by atoms with van der Waals surface area (Å²) in [5.41, 5.74) is 5.87. The number of amides is 1. The Bertz CT molecular complexity index is 859. The maximum absolute atomic E-state index is 12.4. The molecule has 2 aromatic rings. The predicted octanol–water partition coefficient (Wildman–Crippen LogP) is 4.73. The van der Waals surface area contributed by atoms with Gasteiger partial charge in [-0.15, -0.1) is 6.58 Å². The van der Waals surface area contributed by atoms with E-state index in [1.54, 1.807) is 6.92 Å². The van der Waals surface area contributed by atoms with Crippen molar-refractivity contribution in [1.82, 2.24) is 10.2 Å². The van der Waals surface area contributed by atoms with Gasteiger partial charge in [0.25, 0.3) is 0 Å². The second-order valence-electron chi connectivity index (χ2n) is 7.94. The fourth-order valence-electron chi connectivity index (χ4n) is 3.76. The zero-order chi connectivity index (χ0) is 21.5. The lowest BCUT2D eigenvalue weighted by Crippen LogP contribution is -2.39. The van der Waals surface area contributed by atoms with Gasteiger partial charge in [-0.25, -0.2) is 4.79 Å². The van der Waals surface area contributed by atoms with Crippen LogP contribution in [0.3, 0.4) is 0 Å². The molecule has 158 valence electrons. The molecule has 0 saturated heterocycles. The Morgan fingerprint density at radius 2 is 1.53 bits per heavy atom. The minimum Gasteiger partial charge on any atom is -0.449 e. The Morgan fingerprint density at radius 1 is 0.967 bits per heavy atom. The maximum Gasteiger partial charge on any atom is 0.408 e. The molecule has 30 heavy (non-hydrogen) atoms. The van der Waals surface area contributed by atoms with Gasteiger partial charge in [-0.3, -0.25) is 9.69 Å². The zero-order valence-corrected chi connectivity index (χ0v) is 17.8. The molecule has 0 saturated carbocycles. The van der Waals surface area contributed by atoms with E-state index in [9.17, 15) is 9.59 Å². The van der Waals surface area contributed by atoms with Crippen LogP contribution >= 0.6 is 0 Å². The van der Waals surface area contributed by atoms with Gasteiger partial charge < -0.3 is 10.1 Å². The van der Waals surface area contributed by atoms with E-state index in [1.165, 1.54) is 22.3 Å². The molecule has 5 nitrogen and oxygen atoms in total. The summed E-state index contributed by atoms with van der Waals surface area (Å²) in [4.78, 5) is 25.7. The van der Waals surface area contributed by atoms with Crippen molar-refractivity contribution in [3.05, 3.63) is 71.8 Å². The van der Waals surface area contributed by atoms with Crippen molar-refractivity contribution in [2.24, 2.45) is 0 Å². The second kappa shape index (κ2) is 10.2. The molecule has 0 atom stereocenters. The van der Waals surface area contributed by atoms with Crippen LogP contribution in [0.1, 0.15) is 43.7 Å². The van der Waals surface area contributed by atoms with E-state index in [4.69, 9.17) is 4.74 Å². The lowest BCUT2D eigenvalue weighted by molar-refractivity contribution is -0.117. The Kier molecular flexibility index (Phi) is 7.41. The van der Waals surface area contributed by atoms with Gasteiger partial charge in [-0.05, 0) is 42.5 Å². The summed E-state index contributed by atoms with van der Waals surface area (Å²) in [6, 6.07) is 16.5. The number of rotatable bonds is 10. The van der Waals surface area contributed by atoms with Gasteiger partial charge in [0.1, 0.15) is 12.4 Å². The molecule has 3 rings (SSSR count). The Hall–Kier alpha value is -2.92. The first-order valence-electron chi connectivity index (χ1n) is 10.4. The van der Waals surface area contributed by atoms with Crippen molar-refractivity contribution in [2.45, 2.75) is 32.6 Å². The summed E-state index contributed by atoms with van der Waals surface area (Å²) in [6.45, 7) is 9.46. The van der Waals surface area contributed by atoms with Crippen LogP contribution in [0.25, 0.3) is 11.1 Å². The van der Waals surface area contributed by atoms with E-state index in [0.29, 0.717) is 26.2 Å². The minimum absolute atomic E-state index is 0.0420. The topological polar surface area (TPSA) is 58.6 Å². The number of hydrogen-bond donors (Lipinski definition) is 1. The van der Waals surface area contributed by atoms with Crippen molar-refractivity contribution in [3.63, 3.8) is 0 Å². The third kappa shape index (κ3) is 5.57. The molecule has 0 spiro atoms. The van der Waals surface area contributed by atoms with Crippen molar-refractivity contribution >= 4 is 11.9 Å². The predicted molar refractivity (Wildman–Crippen MR) is 119 cm³/mol. The number of Topliss-reactive ketones (excluding diaryl/α,β-unsaturated/α-hetero) is 1. The van der Waals surface area contributed by atoms with Gasteiger partial charge in [-0.2, -0.15) is 0 Å². The molecule has 2 aromatic carbocycles. The number of nitrogens with one attached hydrogen (secondary N) is 1. The van der Waals surface area contributed by atoms with Crippen LogP contribution in [0.4, 0.5) is 4.79 Å². The summed E-state index contributed by atoms with van der Waals surface area (Å²) >= 11 is 0. The standard InChI is InChI=1S/C25H30N2O3/c1-18(2)12-14-27(15-13-19(3)28)17-26-25(29)30-16-24-22-10-6-4-8-20(22)21-9-5-7-11-23(21)24/h4-11,24H,1,12-17H2,2-3H3,(H,26,29). The van der Waals surface area contributed by atoms with Gasteiger partial charge in [-0.1, -0.05) is 54.1 Å². The highest BCUT2D eigenvalue weighted by atomic mass is 16.5. The number of fused-ring (bicyclic) bond motifs is 3. The number of ketones is 1. The molecule has 0 fully saturated rings. The summed E-state index contributed by atoms with van der Waals surface area (Å²) < 4.78 is 5.58. The third-order valence-electron chi connectivity index (χ3n) is 5.43. The number of hydrogen-bond acceptors (Lipinski definition) is 4. The highest BCUT2D eigenvalue weighted by Crippen LogP contribution is 2.44. The number of benzene rings is 2. The highest BCUT2D eigenvalue weighted by molar-refractivity contribution is 5.79. The van der Waals surface area contributed by atoms with Gasteiger partial charge in [0.15, 0.2) is 0 Å². The molecule has 5 heteroatoms. The fraction of sp³-hybridized carbons (Fsp3) is 0.360. The summed E-state index contributed by atoms with van der Waals surface area (Å²) in [5.74, 6) is 0.178. The van der Waals surface area contributed by atoms with E-state index >= 15 is 0 Å². The van der Waals surface area contributed by atoms with E-state index < -0.39 is 6.09 Å². The van der Waals surface area contributed by atoms with Crippen LogP contribution in [-0.2, 0) is 9.53 Å². The third-order valence-corrected chi connectivity index (χ3v) is 5.43. The Balaban J connectivity index is 1.56. The van der Waals surface area contributed by atoms with E-state index in [-0.39, 0.29) is 11.7 Å². The number of carbonyl (C=O) groups excluding carboxylic acids is 2. The van der Waals surface area contributed by atoms with E-state index in [1.807, 2.05) is 36.1 Å². The average Bonchev–Trinajstić information content (AvgIpc) is 3.05. The second-order valence-corrected chi connectivity index (χ2v) is 7.94. The lowest BCUT2D eigenvalue weighted by atomic mass is 9.98. The van der Waals surface area contributed by atoms with Crippen LogP contribution in [0.15, 0.2) is 60.7 Å². The van der Waals surface area contributed by atoms with Crippen LogP contribution in [0.2, 0.25) is 0 Å². The molecule has 0 unspecified atom stereocenters. The van der Waals surface area contributed by atoms with Crippen molar-refractivity contribution in [2.75, 3.05) is 26.4 Å². The van der Waals surface area contributed by atoms with E-state index in [2.05, 4.69) is 36.2 Å². The fourth-order valence-corrected chi connectivity index (χ4v) is 3.76. The summed E-state index contributed by atoms with van der Waals surface area (Å²) in [7, 11) is 0. The Labute approximate surface area is 178 Å². The molecular formula is C25H30N2O3. The molecule has 1 aliphatic rings. The molecule has 0 heterocycles. The molecular weight excluding hydrogens is 376 g/mol. The van der Waals surface area contributed by atoms with Crippen LogP contribution < -0.4 is 5.32 Å². The van der Waals surface area contributed by atoms with Gasteiger partial charge >= 0.3 is 6.09 Å². The van der Waals surface area contributed by atoms with Gasteiger partial charge in [0.05, 0.1) is 6.67 Å². The molecule has 1 N–H and O–H groups in total. The zero-order valence-electron chi connectivity index (χ0n) is 17.8. The first kappa shape index (κ1) is 21.8. The SMILES string of the molecule is C=C(C)CCN(CCC(C)=O)CNC(=O)OCC1c2ccccc2-c2ccccc21. The van der Waals surface area contributed by atoms with Gasteiger partial charge in [0, 0.05) is 25.4 Å². The number of carbonyl (C=O) groups is 2. The molecule has 1 amide bonds. The molecule has 0 radical (unpaired) electrons. The monoisotopic (exact) mass is 406 g/mol. The first-order valence-corrected chi connectivity index (χ1v) is 10.4. The summed E-state index contributed by atoms with van der Waals surface area (Å²) in [6.07, 6.45) is 0.840. The van der Waals surface area contributed by atoms with Crippen molar-refractivity contribution in [1.29, 1.82) is 0 Å². The molecule has 0 aromatic heterocycles. The normalized spacial score (nSPS) is 12.4. The number of ether oxygens (including phenoxy) is 1. The van der Waals surface area contributed by atoms with Crippen LogP contribution in [-0.4, -0.2) is 43.1 Å². The Morgan fingerprint density at radius 3 is 2.10 bits per heavy atom. The lowest BCUT2D eigenvalue weighted by Gasteiger charge is -2.22. The largest absolute Gasteiger partial charge is 0.449 e. The quantitative estimate of drug-likeness (QED) is 0.458. The molecule has 0 aliphatic heterocycles. The molecule has 1 aliphatic carbocycles. The van der Waals surface area contributed by atoms with Gasteiger partial charge in [0.2, 0.25) is 0 Å². The smallest absolute Gasteiger partial charge is 0.408 e. The number of alkyl carbamates (subject to hydrolysis) is 1. The number of nitrogens with zero attached hydrogens (tertiary/aromatic N) is 1. The summed E-state index contributed by atoms with van der Waals surface area (Å²) in [5, 5.41) is 2.83. The average molecular weight is 407 g/mol. The van der Waals surface area contributed by atoms with Crippen molar-refractivity contribution in [3.8, 4) is 11.1 Å².